The van der Waals surface area contributed by atoms with E-state index in [1.165, 1.54) is 0 Å². The number of methoxy groups -OCH3 is 2. The van der Waals surface area contributed by atoms with E-state index in [0.29, 0.717) is 24.5 Å². The smallest absolute Gasteiger partial charge is 0.229 e. The van der Waals surface area contributed by atoms with Crippen LogP contribution in [0.3, 0.4) is 0 Å². The molecule has 26 heavy (non-hydrogen) atoms. The van der Waals surface area contributed by atoms with Crippen molar-refractivity contribution in [2.75, 3.05) is 20.8 Å². The number of rotatable bonds is 9. The number of carbonyl (C=O) groups is 3. The van der Waals surface area contributed by atoms with Crippen LogP contribution in [0.5, 0.6) is 11.5 Å². The summed E-state index contributed by atoms with van der Waals surface area (Å²) in [5, 5.41) is 2.80. The Labute approximate surface area is 153 Å². The van der Waals surface area contributed by atoms with Crippen LogP contribution < -0.4 is 14.8 Å². The number of benzene rings is 1. The molecule has 1 saturated heterocycles. The summed E-state index contributed by atoms with van der Waals surface area (Å²) in [6.45, 7) is 4.17. The summed E-state index contributed by atoms with van der Waals surface area (Å²) < 4.78 is 10.7. The van der Waals surface area contributed by atoms with Crippen molar-refractivity contribution in [2.45, 2.75) is 32.2 Å². The van der Waals surface area contributed by atoms with Crippen molar-refractivity contribution in [3.63, 3.8) is 0 Å². The van der Waals surface area contributed by atoms with Crippen LogP contribution in [0.4, 0.5) is 0 Å². The summed E-state index contributed by atoms with van der Waals surface area (Å²) in [5.41, 5.74) is 1.78. The zero-order valence-electron chi connectivity index (χ0n) is 15.2. The van der Waals surface area contributed by atoms with Crippen LogP contribution >= 0.6 is 0 Å². The molecule has 7 heteroatoms. The number of hydrogen-bond donors (Lipinski definition) is 1. The number of nitrogens with one attached hydrogen (secondary N) is 1. The van der Waals surface area contributed by atoms with Crippen LogP contribution in [-0.2, 0) is 27.3 Å². The molecule has 0 aliphatic carbocycles. The Morgan fingerprint density at radius 3 is 2.50 bits per heavy atom. The van der Waals surface area contributed by atoms with Crippen molar-refractivity contribution in [2.24, 2.45) is 0 Å². The van der Waals surface area contributed by atoms with Gasteiger partial charge in [-0.05, 0) is 24.1 Å². The molecule has 140 valence electrons. The average Bonchev–Trinajstić information content (AvgIpc) is 2.95. The number of likely N-dealkylation sites (tertiary alicyclic amines) is 1. The van der Waals surface area contributed by atoms with E-state index in [1.807, 2.05) is 6.07 Å². The zero-order valence-corrected chi connectivity index (χ0v) is 15.2. The van der Waals surface area contributed by atoms with Crippen LogP contribution in [0, 0.1) is 0 Å². The molecular formula is C19H24N2O5. The van der Waals surface area contributed by atoms with Gasteiger partial charge in [-0.15, -0.1) is 6.58 Å². The summed E-state index contributed by atoms with van der Waals surface area (Å²) in [4.78, 5) is 36.3. The number of hydrogen-bond acceptors (Lipinski definition) is 5. The Morgan fingerprint density at radius 2 is 1.92 bits per heavy atom. The summed E-state index contributed by atoms with van der Waals surface area (Å²) >= 11 is 0. The first-order chi connectivity index (χ1) is 12.5. The van der Waals surface area contributed by atoms with Crippen molar-refractivity contribution in [1.29, 1.82) is 0 Å². The highest BCUT2D eigenvalue weighted by atomic mass is 16.5. The van der Waals surface area contributed by atoms with Gasteiger partial charge in [-0.3, -0.25) is 19.3 Å². The van der Waals surface area contributed by atoms with Crippen LogP contribution in [0.2, 0.25) is 0 Å². The Bertz CT molecular complexity index is 698. The largest absolute Gasteiger partial charge is 0.493 e. The minimum atomic E-state index is -0.224. The van der Waals surface area contributed by atoms with Crippen molar-refractivity contribution >= 4 is 17.7 Å². The second-order valence-electron chi connectivity index (χ2n) is 5.95. The first kappa shape index (κ1) is 19.5. The molecule has 1 fully saturated rings. The maximum atomic E-state index is 12.0. The van der Waals surface area contributed by atoms with E-state index in [4.69, 9.17) is 9.47 Å². The molecule has 1 heterocycles. The topological polar surface area (TPSA) is 84.9 Å². The molecule has 2 rings (SSSR count). The molecule has 1 aliphatic rings. The van der Waals surface area contributed by atoms with E-state index < -0.39 is 0 Å². The molecule has 0 radical (unpaired) electrons. The van der Waals surface area contributed by atoms with E-state index >= 15 is 0 Å². The van der Waals surface area contributed by atoms with Crippen molar-refractivity contribution in [3.8, 4) is 11.5 Å². The lowest BCUT2D eigenvalue weighted by Gasteiger charge is -2.15. The standard InChI is InChI=1S/C19H24N2O5/c1-4-5-14-10-13(11-15(25-2)19(14)26-3)12-20-16(22)8-9-21-17(23)6-7-18(21)24/h4,10-11H,1,5-9,12H2,2-3H3,(H,20,22). The average molecular weight is 360 g/mol. The molecule has 1 N–H and O–H groups in total. The highest BCUT2D eigenvalue weighted by Crippen LogP contribution is 2.33. The van der Waals surface area contributed by atoms with E-state index in [1.54, 1.807) is 26.4 Å². The summed E-state index contributed by atoms with van der Waals surface area (Å²) in [6.07, 6.45) is 2.94. The van der Waals surface area contributed by atoms with Gasteiger partial charge in [0.25, 0.3) is 0 Å². The molecule has 7 nitrogen and oxygen atoms in total. The fourth-order valence-electron chi connectivity index (χ4n) is 2.89. The number of ether oxygens (including phenoxy) is 2. The minimum absolute atomic E-state index is 0.0876. The lowest BCUT2D eigenvalue weighted by Crippen LogP contribution is -2.34. The molecule has 0 aromatic heterocycles. The maximum Gasteiger partial charge on any atom is 0.229 e. The van der Waals surface area contributed by atoms with Gasteiger partial charge in [-0.25, -0.2) is 0 Å². The third kappa shape index (κ3) is 4.62. The number of imide groups is 1. The molecule has 1 aromatic carbocycles. The summed E-state index contributed by atoms with van der Waals surface area (Å²) in [6, 6.07) is 3.73. The first-order valence-electron chi connectivity index (χ1n) is 8.44. The predicted molar refractivity (Wildman–Crippen MR) is 95.9 cm³/mol. The highest BCUT2D eigenvalue weighted by molar-refractivity contribution is 6.02. The van der Waals surface area contributed by atoms with Crippen molar-refractivity contribution in [1.82, 2.24) is 10.2 Å². The summed E-state index contributed by atoms with van der Waals surface area (Å²) in [7, 11) is 3.13. The first-order valence-corrected chi connectivity index (χ1v) is 8.44. The molecule has 0 saturated carbocycles. The second kappa shape index (κ2) is 9.03. The number of carbonyl (C=O) groups excluding carboxylic acids is 3. The van der Waals surface area contributed by atoms with Crippen LogP contribution in [-0.4, -0.2) is 43.4 Å². The van der Waals surface area contributed by atoms with E-state index in [0.717, 1.165) is 16.0 Å². The van der Waals surface area contributed by atoms with Gasteiger partial charge in [-0.1, -0.05) is 6.08 Å². The van der Waals surface area contributed by atoms with Crippen molar-refractivity contribution in [3.05, 3.63) is 35.9 Å². The van der Waals surface area contributed by atoms with Gasteiger partial charge in [0.1, 0.15) is 0 Å². The Kier molecular flexibility index (Phi) is 6.77. The Hall–Kier alpha value is -2.83. The fourth-order valence-corrected chi connectivity index (χ4v) is 2.89. The number of amides is 3. The predicted octanol–water partition coefficient (Wildman–Crippen LogP) is 1.59. The lowest BCUT2D eigenvalue weighted by atomic mass is 10.1. The van der Waals surface area contributed by atoms with Gasteiger partial charge < -0.3 is 14.8 Å². The summed E-state index contributed by atoms with van der Waals surface area (Å²) in [5.74, 6) is 0.587. The van der Waals surface area contributed by atoms with Crippen LogP contribution in [0.15, 0.2) is 24.8 Å². The second-order valence-corrected chi connectivity index (χ2v) is 5.95. The number of nitrogens with zero attached hydrogens (tertiary/aromatic N) is 1. The molecule has 3 amide bonds. The van der Waals surface area contributed by atoms with Gasteiger partial charge in [0.05, 0.1) is 14.2 Å². The van der Waals surface area contributed by atoms with Gasteiger partial charge in [0, 0.05) is 37.9 Å². The van der Waals surface area contributed by atoms with Crippen LogP contribution in [0.1, 0.15) is 30.4 Å². The monoisotopic (exact) mass is 360 g/mol. The van der Waals surface area contributed by atoms with Gasteiger partial charge in [-0.2, -0.15) is 0 Å². The molecule has 0 spiro atoms. The molecule has 0 bridgehead atoms. The molecule has 1 aromatic rings. The van der Waals surface area contributed by atoms with Crippen LogP contribution in [0.25, 0.3) is 0 Å². The van der Waals surface area contributed by atoms with Gasteiger partial charge in [0.15, 0.2) is 11.5 Å². The maximum absolute atomic E-state index is 12.0. The highest BCUT2D eigenvalue weighted by Gasteiger charge is 2.28. The normalized spacial score (nSPS) is 13.7. The number of allylic oxidation sites excluding steroid dienone is 1. The SMILES string of the molecule is C=CCc1cc(CNC(=O)CCN2C(=O)CCC2=O)cc(OC)c1OC. The van der Waals surface area contributed by atoms with E-state index in [-0.39, 0.29) is 43.5 Å². The third-order valence-electron chi connectivity index (χ3n) is 4.19. The van der Waals surface area contributed by atoms with E-state index in [9.17, 15) is 14.4 Å². The third-order valence-corrected chi connectivity index (χ3v) is 4.19. The van der Waals surface area contributed by atoms with Gasteiger partial charge in [0.2, 0.25) is 17.7 Å². The minimum Gasteiger partial charge on any atom is -0.493 e. The Morgan fingerprint density at radius 1 is 1.23 bits per heavy atom. The lowest BCUT2D eigenvalue weighted by molar-refractivity contribution is -0.138. The quantitative estimate of drug-likeness (QED) is 0.534. The molecular weight excluding hydrogens is 336 g/mol. The van der Waals surface area contributed by atoms with E-state index in [2.05, 4.69) is 11.9 Å². The molecule has 0 atom stereocenters. The molecule has 0 unspecified atom stereocenters. The van der Waals surface area contributed by atoms with Crippen molar-refractivity contribution < 1.29 is 23.9 Å². The van der Waals surface area contributed by atoms with Gasteiger partial charge >= 0.3 is 0 Å². The fraction of sp³-hybridized carbons (Fsp3) is 0.421. The zero-order chi connectivity index (χ0) is 19.1. The molecule has 1 aliphatic heterocycles. The Balaban J connectivity index is 1.96.